The summed E-state index contributed by atoms with van der Waals surface area (Å²) < 4.78 is 6.46. The molecule has 3 heterocycles. The fourth-order valence-electron chi connectivity index (χ4n) is 3.54. The lowest BCUT2D eigenvalue weighted by atomic mass is 10.1. The molecule has 1 aromatic carbocycles. The van der Waals surface area contributed by atoms with E-state index >= 15 is 0 Å². The van der Waals surface area contributed by atoms with Gasteiger partial charge in [-0.3, -0.25) is 18.5 Å². The van der Waals surface area contributed by atoms with Gasteiger partial charge in [0.2, 0.25) is 0 Å². The van der Waals surface area contributed by atoms with Crippen LogP contribution in [0.3, 0.4) is 0 Å². The van der Waals surface area contributed by atoms with Crippen molar-refractivity contribution in [2.45, 2.75) is 32.0 Å². The van der Waals surface area contributed by atoms with E-state index in [4.69, 9.17) is 0 Å². The van der Waals surface area contributed by atoms with E-state index in [9.17, 15) is 9.59 Å². The Kier molecular flexibility index (Phi) is 5.38. The lowest BCUT2D eigenvalue weighted by molar-refractivity contribution is 0.594. The van der Waals surface area contributed by atoms with Crippen LogP contribution in [0.4, 0.5) is 0 Å². The van der Waals surface area contributed by atoms with Crippen molar-refractivity contribution >= 4 is 22.9 Å². The number of imidazole rings is 2. The third-order valence-electron chi connectivity index (χ3n) is 5.19. The number of nitrogens with zero attached hydrogens (tertiary/aromatic N) is 6. The normalized spacial score (nSPS) is 11.5. The van der Waals surface area contributed by atoms with Gasteiger partial charge in [-0.2, -0.15) is 0 Å². The van der Waals surface area contributed by atoms with Crippen molar-refractivity contribution < 1.29 is 0 Å². The average Bonchev–Trinajstić information content (AvgIpc) is 3.34. The van der Waals surface area contributed by atoms with Gasteiger partial charge in [0.05, 0.1) is 12.0 Å². The van der Waals surface area contributed by atoms with Crippen molar-refractivity contribution in [3.8, 4) is 5.69 Å². The summed E-state index contributed by atoms with van der Waals surface area (Å²) in [7, 11) is 3.40. The summed E-state index contributed by atoms with van der Waals surface area (Å²) >= 11 is 1.62. The molecule has 4 aromatic rings. The molecule has 0 fully saturated rings. The molecule has 4 rings (SSSR count). The minimum absolute atomic E-state index is 0.296. The molecule has 0 spiro atoms. The first-order chi connectivity index (χ1) is 14.4. The molecular weight excluding hydrogens is 400 g/mol. The summed E-state index contributed by atoms with van der Waals surface area (Å²) in [6, 6.07) is 6.35. The van der Waals surface area contributed by atoms with Gasteiger partial charge in [0.15, 0.2) is 16.3 Å². The molecule has 3 aromatic heterocycles. The molecule has 0 saturated carbocycles. The Hall–Kier alpha value is -3.07. The number of fused-ring (bicyclic) bond motifs is 1. The lowest BCUT2D eigenvalue weighted by Gasteiger charge is -2.12. The SMILES string of the molecule is Cc1ccc(C)c(-n2ccnc2SCCCn2c(=O)c3c(ncn3C)n(C)c2=O)c1. The molecule has 0 aliphatic rings. The number of aryl methyl sites for hydroxylation is 4. The van der Waals surface area contributed by atoms with Crippen LogP contribution in [-0.4, -0.2) is 34.0 Å². The fourth-order valence-corrected chi connectivity index (χ4v) is 4.43. The third-order valence-corrected chi connectivity index (χ3v) is 6.24. The largest absolute Gasteiger partial charge is 0.332 e. The summed E-state index contributed by atoms with van der Waals surface area (Å²) in [5, 5.41) is 0.894. The smallest absolute Gasteiger partial charge is 0.328 e. The Balaban J connectivity index is 1.51. The number of thioether (sulfide) groups is 1. The Morgan fingerprint density at radius 3 is 2.70 bits per heavy atom. The molecule has 0 N–H and O–H groups in total. The van der Waals surface area contributed by atoms with Crippen molar-refractivity contribution in [1.82, 2.24) is 28.2 Å². The molecule has 0 radical (unpaired) electrons. The maximum atomic E-state index is 12.8. The first-order valence-corrected chi connectivity index (χ1v) is 10.7. The highest BCUT2D eigenvalue weighted by atomic mass is 32.2. The summed E-state index contributed by atoms with van der Waals surface area (Å²) in [5.74, 6) is 0.737. The number of hydrogen-bond donors (Lipinski definition) is 0. The predicted octanol–water partition coefficient (Wildman–Crippen LogP) is 2.42. The predicted molar refractivity (Wildman–Crippen MR) is 119 cm³/mol. The van der Waals surface area contributed by atoms with Gasteiger partial charge in [0, 0.05) is 38.8 Å². The monoisotopic (exact) mass is 424 g/mol. The van der Waals surface area contributed by atoms with E-state index in [1.165, 1.54) is 20.3 Å². The summed E-state index contributed by atoms with van der Waals surface area (Å²) in [6.45, 7) is 4.51. The second kappa shape index (κ2) is 7.98. The highest BCUT2D eigenvalue weighted by molar-refractivity contribution is 7.99. The van der Waals surface area contributed by atoms with Gasteiger partial charge in [-0.25, -0.2) is 14.8 Å². The van der Waals surface area contributed by atoms with Crippen LogP contribution >= 0.6 is 11.8 Å². The number of aromatic nitrogens is 6. The zero-order chi connectivity index (χ0) is 21.4. The zero-order valence-electron chi connectivity index (χ0n) is 17.5. The van der Waals surface area contributed by atoms with Crippen LogP contribution in [0.15, 0.2) is 51.7 Å². The van der Waals surface area contributed by atoms with Crippen molar-refractivity contribution in [3.63, 3.8) is 0 Å². The lowest BCUT2D eigenvalue weighted by Crippen LogP contribution is -2.39. The first-order valence-electron chi connectivity index (χ1n) is 9.73. The Labute approximate surface area is 177 Å². The topological polar surface area (TPSA) is 79.6 Å². The van der Waals surface area contributed by atoms with E-state index in [0.717, 1.165) is 16.6 Å². The van der Waals surface area contributed by atoms with Crippen LogP contribution in [0.25, 0.3) is 16.9 Å². The van der Waals surface area contributed by atoms with Crippen molar-refractivity contribution in [2.75, 3.05) is 5.75 Å². The zero-order valence-corrected chi connectivity index (χ0v) is 18.3. The number of benzene rings is 1. The molecule has 0 saturated heterocycles. The van der Waals surface area contributed by atoms with E-state index in [2.05, 4.69) is 46.6 Å². The molecule has 156 valence electrons. The standard InChI is InChI=1S/C21H24N6O2S/c1-14-6-7-15(2)16(12-14)26-10-8-22-20(26)30-11-5-9-27-19(28)17-18(23-13-24(17)3)25(4)21(27)29/h6-8,10,12-13H,5,9,11H2,1-4H3. The summed E-state index contributed by atoms with van der Waals surface area (Å²) in [6.07, 6.45) is 5.98. The van der Waals surface area contributed by atoms with Gasteiger partial charge in [-0.15, -0.1) is 0 Å². The molecular formula is C21H24N6O2S. The van der Waals surface area contributed by atoms with Crippen LogP contribution in [-0.2, 0) is 20.6 Å². The van der Waals surface area contributed by atoms with Gasteiger partial charge in [0.1, 0.15) is 0 Å². The number of hydrogen-bond acceptors (Lipinski definition) is 5. The second-order valence-electron chi connectivity index (χ2n) is 7.40. The maximum Gasteiger partial charge on any atom is 0.332 e. The molecule has 30 heavy (non-hydrogen) atoms. The highest BCUT2D eigenvalue weighted by Crippen LogP contribution is 2.24. The van der Waals surface area contributed by atoms with Gasteiger partial charge in [0.25, 0.3) is 5.56 Å². The molecule has 0 aliphatic carbocycles. The Bertz CT molecular complexity index is 1340. The van der Waals surface area contributed by atoms with E-state index in [1.54, 1.807) is 42.9 Å². The summed E-state index contributed by atoms with van der Waals surface area (Å²) in [4.78, 5) is 34.0. The quantitative estimate of drug-likeness (QED) is 0.351. The minimum atomic E-state index is -0.340. The van der Waals surface area contributed by atoms with Gasteiger partial charge in [-0.1, -0.05) is 23.9 Å². The maximum absolute atomic E-state index is 12.8. The van der Waals surface area contributed by atoms with Crippen molar-refractivity contribution in [2.24, 2.45) is 14.1 Å². The van der Waals surface area contributed by atoms with E-state index in [-0.39, 0.29) is 11.2 Å². The molecule has 8 nitrogen and oxygen atoms in total. The van der Waals surface area contributed by atoms with Crippen LogP contribution in [0.1, 0.15) is 17.5 Å². The first kappa shape index (κ1) is 20.2. The Morgan fingerprint density at radius 1 is 1.10 bits per heavy atom. The summed E-state index contributed by atoms with van der Waals surface area (Å²) in [5.41, 5.74) is 3.70. The fraction of sp³-hybridized carbons (Fsp3) is 0.333. The van der Waals surface area contributed by atoms with Crippen molar-refractivity contribution in [1.29, 1.82) is 0 Å². The molecule has 9 heteroatoms. The van der Waals surface area contributed by atoms with Gasteiger partial charge in [-0.05, 0) is 37.5 Å². The van der Waals surface area contributed by atoms with Crippen LogP contribution < -0.4 is 11.2 Å². The van der Waals surface area contributed by atoms with Crippen LogP contribution in [0.5, 0.6) is 0 Å². The molecule has 0 aliphatic heterocycles. The third kappa shape index (κ3) is 3.49. The van der Waals surface area contributed by atoms with Crippen LogP contribution in [0, 0.1) is 13.8 Å². The highest BCUT2D eigenvalue weighted by Gasteiger charge is 2.15. The average molecular weight is 425 g/mol. The Morgan fingerprint density at radius 2 is 1.90 bits per heavy atom. The molecule has 0 bridgehead atoms. The molecule has 0 atom stereocenters. The van der Waals surface area contributed by atoms with Gasteiger partial charge >= 0.3 is 5.69 Å². The minimum Gasteiger partial charge on any atom is -0.328 e. The van der Waals surface area contributed by atoms with Gasteiger partial charge < -0.3 is 4.57 Å². The number of rotatable bonds is 6. The van der Waals surface area contributed by atoms with E-state index < -0.39 is 0 Å². The van der Waals surface area contributed by atoms with Crippen LogP contribution in [0.2, 0.25) is 0 Å². The van der Waals surface area contributed by atoms with Crippen molar-refractivity contribution in [3.05, 3.63) is 68.9 Å². The second-order valence-corrected chi connectivity index (χ2v) is 8.46. The van der Waals surface area contributed by atoms with E-state index in [1.807, 2.05) is 6.20 Å². The molecule has 0 amide bonds. The van der Waals surface area contributed by atoms with E-state index in [0.29, 0.717) is 24.1 Å². The molecule has 0 unspecified atom stereocenters.